The third-order valence-electron chi connectivity index (χ3n) is 6.77. The molecule has 0 spiro atoms. The Morgan fingerprint density at radius 3 is 2.28 bits per heavy atom. The smallest absolute Gasteiger partial charge is 0.255 e. The van der Waals surface area contributed by atoms with E-state index in [-0.39, 0.29) is 5.91 Å². The van der Waals surface area contributed by atoms with Crippen LogP contribution in [0.4, 0.5) is 0 Å². The van der Waals surface area contributed by atoms with E-state index in [1.807, 2.05) is 11.0 Å². The van der Waals surface area contributed by atoms with E-state index in [2.05, 4.69) is 48.0 Å². The Labute approximate surface area is 190 Å². The van der Waals surface area contributed by atoms with Crippen LogP contribution in [0.25, 0.3) is 0 Å². The van der Waals surface area contributed by atoms with Crippen LogP contribution >= 0.6 is 0 Å². The van der Waals surface area contributed by atoms with E-state index >= 15 is 0 Å². The van der Waals surface area contributed by atoms with Crippen LogP contribution in [-0.4, -0.2) is 59.0 Å². The van der Waals surface area contributed by atoms with Gasteiger partial charge in [-0.2, -0.15) is 5.26 Å². The molecule has 1 amide bonds. The average Bonchev–Trinajstić information content (AvgIpc) is 2.84. The van der Waals surface area contributed by atoms with Crippen molar-refractivity contribution in [2.45, 2.75) is 57.6 Å². The summed E-state index contributed by atoms with van der Waals surface area (Å²) in [6.45, 7) is 8.19. The summed E-state index contributed by atoms with van der Waals surface area (Å²) in [7, 11) is 0. The van der Waals surface area contributed by atoms with Gasteiger partial charge in [0.2, 0.25) is 0 Å². The maximum atomic E-state index is 12.7. The SMILES string of the molecule is CC(C)N1CCC(Oc2ccc(C3CCN(C(=O)c4ccc(C#N)nc4)CC3)cc2)CC1. The quantitative estimate of drug-likeness (QED) is 0.707. The molecule has 1 aromatic heterocycles. The van der Waals surface area contributed by atoms with Gasteiger partial charge >= 0.3 is 0 Å². The molecule has 0 unspecified atom stereocenters. The van der Waals surface area contributed by atoms with E-state index in [1.54, 1.807) is 12.1 Å². The molecule has 0 saturated carbocycles. The van der Waals surface area contributed by atoms with Gasteiger partial charge in [0.25, 0.3) is 5.91 Å². The number of carbonyl (C=O) groups is 1. The van der Waals surface area contributed by atoms with Gasteiger partial charge in [-0.25, -0.2) is 4.98 Å². The van der Waals surface area contributed by atoms with E-state index in [0.29, 0.717) is 29.3 Å². The van der Waals surface area contributed by atoms with Crippen molar-refractivity contribution < 1.29 is 9.53 Å². The molecular weight excluding hydrogens is 400 g/mol. The first-order valence-electron chi connectivity index (χ1n) is 11.7. The number of hydrogen-bond donors (Lipinski definition) is 0. The maximum Gasteiger partial charge on any atom is 0.255 e. The fourth-order valence-corrected chi connectivity index (χ4v) is 4.71. The molecule has 2 saturated heterocycles. The molecule has 0 aliphatic carbocycles. The molecule has 0 atom stereocenters. The van der Waals surface area contributed by atoms with Gasteiger partial charge in [-0.1, -0.05) is 12.1 Å². The summed E-state index contributed by atoms with van der Waals surface area (Å²) in [5, 5.41) is 8.86. The third kappa shape index (κ3) is 5.28. The highest BCUT2D eigenvalue weighted by molar-refractivity contribution is 5.94. The van der Waals surface area contributed by atoms with Crippen molar-refractivity contribution in [2.24, 2.45) is 0 Å². The number of pyridine rings is 1. The van der Waals surface area contributed by atoms with Gasteiger partial charge in [0.15, 0.2) is 0 Å². The molecule has 0 N–H and O–H groups in total. The molecule has 2 aromatic rings. The highest BCUT2D eigenvalue weighted by Gasteiger charge is 2.25. The van der Waals surface area contributed by atoms with Crippen LogP contribution in [0.3, 0.4) is 0 Å². The predicted molar refractivity (Wildman–Crippen MR) is 124 cm³/mol. The Kier molecular flexibility index (Phi) is 7.06. The summed E-state index contributed by atoms with van der Waals surface area (Å²) in [6, 6.07) is 14.4. The third-order valence-corrected chi connectivity index (χ3v) is 6.77. The summed E-state index contributed by atoms with van der Waals surface area (Å²) < 4.78 is 6.23. The number of benzene rings is 1. The van der Waals surface area contributed by atoms with Gasteiger partial charge in [0, 0.05) is 38.4 Å². The lowest BCUT2D eigenvalue weighted by atomic mass is 9.89. The average molecular weight is 433 g/mol. The predicted octanol–water partition coefficient (Wildman–Crippen LogP) is 4.22. The van der Waals surface area contributed by atoms with E-state index in [4.69, 9.17) is 10.00 Å². The fraction of sp³-hybridized carbons (Fsp3) is 0.500. The summed E-state index contributed by atoms with van der Waals surface area (Å²) in [5.74, 6) is 1.41. The van der Waals surface area contributed by atoms with Crippen molar-refractivity contribution in [1.82, 2.24) is 14.8 Å². The fourth-order valence-electron chi connectivity index (χ4n) is 4.71. The van der Waals surface area contributed by atoms with Crippen molar-refractivity contribution >= 4 is 5.91 Å². The zero-order valence-electron chi connectivity index (χ0n) is 19.0. The standard InChI is InChI=1S/C26H32N4O2/c1-19(2)29-15-11-25(12-16-29)32-24-7-4-20(5-8-24)21-9-13-30(14-10-21)26(31)22-3-6-23(17-27)28-18-22/h3-8,18-19,21,25H,9-16H2,1-2H3. The van der Waals surface area contributed by atoms with Crippen molar-refractivity contribution in [3.05, 3.63) is 59.4 Å². The van der Waals surface area contributed by atoms with Crippen LogP contribution in [0, 0.1) is 11.3 Å². The molecule has 32 heavy (non-hydrogen) atoms. The summed E-state index contributed by atoms with van der Waals surface area (Å²) >= 11 is 0. The number of nitriles is 1. The van der Waals surface area contributed by atoms with Gasteiger partial charge < -0.3 is 14.5 Å². The molecule has 2 fully saturated rings. The number of nitrogens with zero attached hydrogens (tertiary/aromatic N) is 4. The Morgan fingerprint density at radius 2 is 1.72 bits per heavy atom. The second-order valence-corrected chi connectivity index (χ2v) is 9.13. The Balaban J connectivity index is 1.27. The van der Waals surface area contributed by atoms with E-state index in [0.717, 1.165) is 57.6 Å². The number of hydrogen-bond acceptors (Lipinski definition) is 5. The Morgan fingerprint density at radius 1 is 1.03 bits per heavy atom. The number of rotatable bonds is 5. The zero-order valence-corrected chi connectivity index (χ0v) is 19.0. The highest BCUT2D eigenvalue weighted by atomic mass is 16.5. The second-order valence-electron chi connectivity index (χ2n) is 9.13. The minimum absolute atomic E-state index is 0.00676. The minimum atomic E-state index is -0.00676. The van der Waals surface area contributed by atoms with Gasteiger partial charge in [0.1, 0.15) is 23.6 Å². The lowest BCUT2D eigenvalue weighted by Gasteiger charge is -2.34. The van der Waals surface area contributed by atoms with E-state index in [9.17, 15) is 4.79 Å². The Bertz CT molecular complexity index is 933. The molecule has 2 aliphatic heterocycles. The van der Waals surface area contributed by atoms with Gasteiger partial charge in [-0.3, -0.25) is 4.79 Å². The summed E-state index contributed by atoms with van der Waals surface area (Å²) in [4.78, 5) is 21.1. The lowest BCUT2D eigenvalue weighted by molar-refractivity contribution is 0.0712. The molecule has 6 heteroatoms. The number of piperidine rings is 2. The van der Waals surface area contributed by atoms with Crippen LogP contribution < -0.4 is 4.74 Å². The topological polar surface area (TPSA) is 69.5 Å². The van der Waals surface area contributed by atoms with Crippen LogP contribution in [0.1, 0.15) is 67.1 Å². The number of amides is 1. The number of aromatic nitrogens is 1. The van der Waals surface area contributed by atoms with Crippen molar-refractivity contribution in [3.63, 3.8) is 0 Å². The minimum Gasteiger partial charge on any atom is -0.490 e. The molecule has 3 heterocycles. The number of carbonyl (C=O) groups excluding carboxylic acids is 1. The van der Waals surface area contributed by atoms with E-state index < -0.39 is 0 Å². The first-order chi connectivity index (χ1) is 15.5. The Hall–Kier alpha value is -2.91. The molecular formula is C26H32N4O2. The van der Waals surface area contributed by atoms with Gasteiger partial charge in [0.05, 0.1) is 5.56 Å². The molecule has 0 bridgehead atoms. The van der Waals surface area contributed by atoms with Crippen molar-refractivity contribution in [1.29, 1.82) is 5.26 Å². The normalized spacial score (nSPS) is 18.5. The number of likely N-dealkylation sites (tertiary alicyclic amines) is 2. The maximum absolute atomic E-state index is 12.7. The van der Waals surface area contributed by atoms with E-state index in [1.165, 1.54) is 11.8 Å². The van der Waals surface area contributed by atoms with Gasteiger partial charge in [-0.15, -0.1) is 0 Å². The molecule has 2 aliphatic rings. The van der Waals surface area contributed by atoms with Gasteiger partial charge in [-0.05, 0) is 75.3 Å². The molecule has 4 rings (SSSR count). The molecule has 0 radical (unpaired) electrons. The zero-order chi connectivity index (χ0) is 22.5. The van der Waals surface area contributed by atoms with Crippen molar-refractivity contribution in [2.75, 3.05) is 26.2 Å². The lowest BCUT2D eigenvalue weighted by Crippen LogP contribution is -2.41. The molecule has 168 valence electrons. The summed E-state index contributed by atoms with van der Waals surface area (Å²) in [6.07, 6.45) is 5.87. The van der Waals surface area contributed by atoms with Crippen LogP contribution in [0.5, 0.6) is 5.75 Å². The number of ether oxygens (including phenoxy) is 1. The summed E-state index contributed by atoms with van der Waals surface area (Å²) in [5.41, 5.74) is 2.19. The first-order valence-corrected chi connectivity index (χ1v) is 11.7. The van der Waals surface area contributed by atoms with Crippen LogP contribution in [0.2, 0.25) is 0 Å². The highest BCUT2D eigenvalue weighted by Crippen LogP contribution is 2.30. The largest absolute Gasteiger partial charge is 0.490 e. The van der Waals surface area contributed by atoms with Crippen molar-refractivity contribution in [3.8, 4) is 11.8 Å². The molecule has 6 nitrogen and oxygen atoms in total. The van der Waals surface area contributed by atoms with Crippen LogP contribution in [0.15, 0.2) is 42.6 Å². The monoisotopic (exact) mass is 432 g/mol. The second kappa shape index (κ2) is 10.1. The first kappa shape index (κ1) is 22.3. The van der Waals surface area contributed by atoms with Crippen LogP contribution in [-0.2, 0) is 0 Å². The molecule has 1 aromatic carbocycles.